The van der Waals surface area contributed by atoms with Gasteiger partial charge in [-0.3, -0.25) is 0 Å². The number of nitrogens with zero attached hydrogens (tertiary/aromatic N) is 1. The Labute approximate surface area is 119 Å². The summed E-state index contributed by atoms with van der Waals surface area (Å²) >= 11 is 5.90. The van der Waals surface area contributed by atoms with Gasteiger partial charge in [0.1, 0.15) is 0 Å². The minimum Gasteiger partial charge on any atom is -0.398 e. The average molecular weight is 303 g/mol. The number of hydrogen-bond acceptors (Lipinski definition) is 3. The number of nitrogen functional groups attached to an aromatic ring is 1. The van der Waals surface area contributed by atoms with Gasteiger partial charge in [-0.2, -0.15) is 4.31 Å². The first kappa shape index (κ1) is 14.6. The van der Waals surface area contributed by atoms with Crippen LogP contribution in [0.25, 0.3) is 0 Å². The quantitative estimate of drug-likeness (QED) is 0.873. The highest BCUT2D eigenvalue weighted by Gasteiger charge is 2.33. The number of hydrogen-bond donors (Lipinski definition) is 1. The van der Waals surface area contributed by atoms with Gasteiger partial charge in [-0.25, -0.2) is 8.42 Å². The second kappa shape index (κ2) is 5.31. The Morgan fingerprint density at radius 2 is 2.11 bits per heavy atom. The van der Waals surface area contributed by atoms with Crippen LogP contribution in [0.2, 0.25) is 5.02 Å². The Hall–Kier alpha value is -0.780. The molecular formula is C13H19ClN2O2S. The Kier molecular flexibility index (Phi) is 4.08. The Morgan fingerprint density at radius 1 is 1.42 bits per heavy atom. The van der Waals surface area contributed by atoms with Gasteiger partial charge in [-0.05, 0) is 36.5 Å². The molecular weight excluding hydrogens is 284 g/mol. The lowest BCUT2D eigenvalue weighted by Gasteiger charge is -2.18. The minimum atomic E-state index is -3.45. The number of nitrogens with two attached hydrogens (primary N) is 1. The zero-order valence-corrected chi connectivity index (χ0v) is 12.7. The Bertz CT molecular complexity index is 572. The smallest absolute Gasteiger partial charge is 0.243 e. The molecule has 4 nitrogen and oxygen atoms in total. The average Bonchev–Trinajstić information content (AvgIpc) is 2.82. The highest BCUT2D eigenvalue weighted by atomic mass is 35.5. The Morgan fingerprint density at radius 3 is 2.63 bits per heavy atom. The van der Waals surface area contributed by atoms with E-state index >= 15 is 0 Å². The molecule has 0 aliphatic carbocycles. The van der Waals surface area contributed by atoms with Crippen molar-refractivity contribution >= 4 is 27.3 Å². The first-order valence-electron chi connectivity index (χ1n) is 6.37. The van der Waals surface area contributed by atoms with Crippen molar-refractivity contribution in [3.05, 3.63) is 23.2 Å². The van der Waals surface area contributed by atoms with E-state index in [1.165, 1.54) is 18.2 Å². The van der Waals surface area contributed by atoms with Gasteiger partial charge >= 0.3 is 0 Å². The van der Waals surface area contributed by atoms with Crippen LogP contribution in [0, 0.1) is 11.8 Å². The van der Waals surface area contributed by atoms with Gasteiger partial charge in [0.2, 0.25) is 10.0 Å². The molecule has 1 saturated heterocycles. The van der Waals surface area contributed by atoms with Gasteiger partial charge in [-0.1, -0.05) is 25.4 Å². The maximum absolute atomic E-state index is 12.5. The van der Waals surface area contributed by atoms with E-state index < -0.39 is 10.0 Å². The van der Waals surface area contributed by atoms with Crippen LogP contribution >= 0.6 is 11.6 Å². The Balaban J connectivity index is 2.26. The highest BCUT2D eigenvalue weighted by molar-refractivity contribution is 7.89. The number of anilines is 1. The molecule has 0 saturated carbocycles. The molecule has 1 atom stereocenters. The minimum absolute atomic E-state index is 0.219. The van der Waals surface area contributed by atoms with Gasteiger partial charge in [0, 0.05) is 13.1 Å². The van der Waals surface area contributed by atoms with Crippen molar-refractivity contribution in [2.24, 2.45) is 11.8 Å². The molecule has 6 heteroatoms. The topological polar surface area (TPSA) is 63.4 Å². The van der Waals surface area contributed by atoms with Crippen LogP contribution < -0.4 is 5.73 Å². The molecule has 1 aliphatic heterocycles. The van der Waals surface area contributed by atoms with Crippen LogP contribution in [0.5, 0.6) is 0 Å². The van der Waals surface area contributed by atoms with E-state index in [9.17, 15) is 8.42 Å². The molecule has 106 valence electrons. The van der Waals surface area contributed by atoms with E-state index in [2.05, 4.69) is 13.8 Å². The fraction of sp³-hybridized carbons (Fsp3) is 0.538. The second-order valence-corrected chi connectivity index (χ2v) is 7.68. The predicted octanol–water partition coefficient (Wildman–Crippen LogP) is 2.59. The summed E-state index contributed by atoms with van der Waals surface area (Å²) in [4.78, 5) is 0.219. The standard InChI is InChI=1S/C13H19ClN2O2S/c1-9(2)10-5-6-16(8-10)19(17,18)11-3-4-13(15)12(14)7-11/h3-4,7,9-10H,5-6,8,15H2,1-2H3. The van der Waals surface area contributed by atoms with E-state index in [4.69, 9.17) is 17.3 Å². The summed E-state index contributed by atoms with van der Waals surface area (Å²) in [6, 6.07) is 4.47. The normalized spacial score (nSPS) is 21.2. The van der Waals surface area contributed by atoms with Crippen LogP contribution in [-0.2, 0) is 10.0 Å². The van der Waals surface area contributed by atoms with E-state index in [1.807, 2.05) is 0 Å². The summed E-state index contributed by atoms with van der Waals surface area (Å²) in [5, 5.41) is 0.278. The van der Waals surface area contributed by atoms with Crippen LogP contribution in [0.4, 0.5) is 5.69 Å². The van der Waals surface area contributed by atoms with Crippen molar-refractivity contribution in [3.8, 4) is 0 Å². The molecule has 1 aliphatic rings. The summed E-state index contributed by atoms with van der Waals surface area (Å²) in [7, 11) is -3.45. The fourth-order valence-electron chi connectivity index (χ4n) is 2.33. The summed E-state index contributed by atoms with van der Waals surface area (Å²) in [6.45, 7) is 5.41. The number of benzene rings is 1. The molecule has 1 aromatic rings. The third kappa shape index (κ3) is 2.88. The first-order valence-corrected chi connectivity index (χ1v) is 8.19. The lowest BCUT2D eigenvalue weighted by molar-refractivity contribution is 0.388. The molecule has 19 heavy (non-hydrogen) atoms. The van der Waals surface area contributed by atoms with Gasteiger partial charge < -0.3 is 5.73 Å². The lowest BCUT2D eigenvalue weighted by Crippen LogP contribution is -2.29. The van der Waals surface area contributed by atoms with Crippen molar-refractivity contribution in [3.63, 3.8) is 0 Å². The maximum Gasteiger partial charge on any atom is 0.243 e. The molecule has 0 radical (unpaired) electrons. The molecule has 1 aromatic carbocycles. The van der Waals surface area contributed by atoms with Gasteiger partial charge in [0.15, 0.2) is 0 Å². The van der Waals surface area contributed by atoms with Crippen LogP contribution in [0.1, 0.15) is 20.3 Å². The van der Waals surface area contributed by atoms with Gasteiger partial charge in [-0.15, -0.1) is 0 Å². The molecule has 1 heterocycles. The molecule has 0 amide bonds. The van der Waals surface area contributed by atoms with Crippen LogP contribution in [0.15, 0.2) is 23.1 Å². The van der Waals surface area contributed by atoms with Crippen molar-refractivity contribution in [2.75, 3.05) is 18.8 Å². The van der Waals surface area contributed by atoms with Crippen LogP contribution in [0.3, 0.4) is 0 Å². The third-order valence-electron chi connectivity index (χ3n) is 3.74. The summed E-state index contributed by atoms with van der Waals surface area (Å²) in [5.74, 6) is 0.925. The van der Waals surface area contributed by atoms with Crippen molar-refractivity contribution in [1.29, 1.82) is 0 Å². The van der Waals surface area contributed by atoms with Crippen molar-refractivity contribution < 1.29 is 8.42 Å². The zero-order valence-electron chi connectivity index (χ0n) is 11.1. The predicted molar refractivity (Wildman–Crippen MR) is 77.6 cm³/mol. The summed E-state index contributed by atoms with van der Waals surface area (Å²) < 4.78 is 26.5. The molecule has 0 spiro atoms. The van der Waals surface area contributed by atoms with Crippen LogP contribution in [-0.4, -0.2) is 25.8 Å². The molecule has 2 N–H and O–H groups in total. The molecule has 1 unspecified atom stereocenters. The second-order valence-electron chi connectivity index (χ2n) is 5.34. The SMILES string of the molecule is CC(C)C1CCN(S(=O)(=O)c2ccc(N)c(Cl)c2)C1. The van der Waals surface area contributed by atoms with E-state index in [-0.39, 0.29) is 9.92 Å². The molecule has 2 rings (SSSR count). The molecule has 0 bridgehead atoms. The zero-order chi connectivity index (χ0) is 14.2. The highest BCUT2D eigenvalue weighted by Crippen LogP contribution is 2.30. The molecule has 1 fully saturated rings. The number of sulfonamides is 1. The molecule has 0 aromatic heterocycles. The van der Waals surface area contributed by atoms with E-state index in [0.29, 0.717) is 30.6 Å². The maximum atomic E-state index is 12.5. The summed E-state index contributed by atoms with van der Waals surface area (Å²) in [5.41, 5.74) is 6.00. The first-order chi connectivity index (χ1) is 8.82. The lowest BCUT2D eigenvalue weighted by atomic mass is 9.96. The van der Waals surface area contributed by atoms with Gasteiger partial charge in [0.25, 0.3) is 0 Å². The number of halogens is 1. The monoisotopic (exact) mass is 302 g/mol. The van der Waals surface area contributed by atoms with Crippen molar-refractivity contribution in [1.82, 2.24) is 4.31 Å². The van der Waals surface area contributed by atoms with Crippen molar-refractivity contribution in [2.45, 2.75) is 25.2 Å². The largest absolute Gasteiger partial charge is 0.398 e. The van der Waals surface area contributed by atoms with E-state index in [0.717, 1.165) is 6.42 Å². The third-order valence-corrected chi connectivity index (χ3v) is 5.93. The fourth-order valence-corrected chi connectivity index (χ4v) is 4.12. The summed E-state index contributed by atoms with van der Waals surface area (Å²) in [6.07, 6.45) is 0.916. The number of rotatable bonds is 3. The van der Waals surface area contributed by atoms with Gasteiger partial charge in [0.05, 0.1) is 15.6 Å². The van der Waals surface area contributed by atoms with E-state index in [1.54, 1.807) is 4.31 Å².